The van der Waals surface area contributed by atoms with Gasteiger partial charge >= 0.3 is 5.97 Å². The molecular formula is C16H21ClO4. The van der Waals surface area contributed by atoms with Crippen LogP contribution in [0.5, 0.6) is 0 Å². The molecule has 0 bridgehead atoms. The third-order valence-electron chi connectivity index (χ3n) is 1.53. The SMILES string of the molecule is C=CC(=O)Cl.C=CC(=O)OC(C=C)C=C.C=CC(O)C=C. The molecule has 0 aromatic rings. The van der Waals surface area contributed by atoms with E-state index in [-0.39, 0.29) is 0 Å². The van der Waals surface area contributed by atoms with Gasteiger partial charge in [0.25, 0.3) is 0 Å². The fourth-order valence-electron chi connectivity index (χ4n) is 0.471. The van der Waals surface area contributed by atoms with Crippen LogP contribution in [0.3, 0.4) is 0 Å². The summed E-state index contributed by atoms with van der Waals surface area (Å²) >= 11 is 4.71. The lowest BCUT2D eigenvalue weighted by Crippen LogP contribution is -2.10. The molecule has 0 fully saturated rings. The third-order valence-corrected chi connectivity index (χ3v) is 1.68. The highest BCUT2D eigenvalue weighted by Gasteiger charge is 2.01. The summed E-state index contributed by atoms with van der Waals surface area (Å²) in [6, 6.07) is 0. The zero-order valence-corrected chi connectivity index (χ0v) is 12.7. The Kier molecular flexibility index (Phi) is 20.3. The normalized spacial score (nSPS) is 8.00. The van der Waals surface area contributed by atoms with Crippen LogP contribution < -0.4 is 0 Å². The van der Waals surface area contributed by atoms with Gasteiger partial charge in [-0.2, -0.15) is 0 Å². The molecule has 0 saturated carbocycles. The summed E-state index contributed by atoms with van der Waals surface area (Å²) < 4.78 is 4.70. The highest BCUT2D eigenvalue weighted by molar-refractivity contribution is 6.66. The minimum absolute atomic E-state index is 0.412. The molecule has 0 aliphatic carbocycles. The second-order valence-electron chi connectivity index (χ2n) is 3.05. The predicted molar refractivity (Wildman–Crippen MR) is 87.9 cm³/mol. The maximum absolute atomic E-state index is 10.5. The minimum atomic E-state index is -0.537. The summed E-state index contributed by atoms with van der Waals surface area (Å²) in [6.45, 7) is 19.8. The summed E-state index contributed by atoms with van der Waals surface area (Å²) in [6.07, 6.45) is 6.97. The zero-order valence-electron chi connectivity index (χ0n) is 11.9. The molecule has 1 N–H and O–H groups in total. The molecule has 0 amide bonds. The number of carbonyl (C=O) groups excluding carboxylic acids is 2. The van der Waals surface area contributed by atoms with Crippen molar-refractivity contribution < 1.29 is 19.4 Å². The summed E-state index contributed by atoms with van der Waals surface area (Å²) in [5, 5.41) is 7.92. The lowest BCUT2D eigenvalue weighted by molar-refractivity contribution is -0.139. The molecule has 0 aromatic heterocycles. The minimum Gasteiger partial charge on any atom is -0.451 e. The van der Waals surface area contributed by atoms with Crippen LogP contribution in [0.25, 0.3) is 0 Å². The quantitative estimate of drug-likeness (QED) is 0.339. The summed E-state index contributed by atoms with van der Waals surface area (Å²) in [5.74, 6) is -0.468. The highest BCUT2D eigenvalue weighted by Crippen LogP contribution is 1.94. The van der Waals surface area contributed by atoms with Gasteiger partial charge in [0, 0.05) is 6.08 Å². The molecule has 0 saturated heterocycles. The van der Waals surface area contributed by atoms with Crippen LogP contribution in [-0.4, -0.2) is 28.5 Å². The predicted octanol–water partition coefficient (Wildman–Crippen LogP) is 3.11. The molecule has 0 spiro atoms. The Morgan fingerprint density at radius 2 is 1.29 bits per heavy atom. The first kappa shape index (κ1) is 23.9. The maximum atomic E-state index is 10.5. The van der Waals surface area contributed by atoms with Gasteiger partial charge in [0.2, 0.25) is 5.24 Å². The van der Waals surface area contributed by atoms with Crippen LogP contribution in [0.4, 0.5) is 0 Å². The number of ether oxygens (including phenoxy) is 1. The Bertz CT molecular complexity index is 370. The van der Waals surface area contributed by atoms with Gasteiger partial charge in [-0.25, -0.2) is 4.79 Å². The van der Waals surface area contributed by atoms with Gasteiger partial charge in [0.1, 0.15) is 6.10 Å². The number of aliphatic hydroxyl groups is 1. The Morgan fingerprint density at radius 3 is 1.43 bits per heavy atom. The number of carbonyl (C=O) groups is 2. The Morgan fingerprint density at radius 1 is 0.905 bits per heavy atom. The second kappa shape index (κ2) is 17.8. The number of allylic oxidation sites excluding steroid dienone is 1. The van der Waals surface area contributed by atoms with Crippen molar-refractivity contribution in [1.29, 1.82) is 0 Å². The first-order valence-electron chi connectivity index (χ1n) is 5.66. The molecule has 4 nitrogen and oxygen atoms in total. The molecule has 0 unspecified atom stereocenters. The Labute approximate surface area is 131 Å². The van der Waals surface area contributed by atoms with E-state index in [1.54, 1.807) is 0 Å². The highest BCUT2D eigenvalue weighted by atomic mass is 35.5. The lowest BCUT2D eigenvalue weighted by Gasteiger charge is -2.05. The van der Waals surface area contributed by atoms with Crippen molar-refractivity contribution in [3.8, 4) is 0 Å². The first-order valence-corrected chi connectivity index (χ1v) is 6.03. The summed E-state index contributed by atoms with van der Waals surface area (Å²) in [4.78, 5) is 20.0. The smallest absolute Gasteiger partial charge is 0.331 e. The van der Waals surface area contributed by atoms with E-state index >= 15 is 0 Å². The molecule has 0 heterocycles. The van der Waals surface area contributed by atoms with Gasteiger partial charge < -0.3 is 9.84 Å². The van der Waals surface area contributed by atoms with Crippen molar-refractivity contribution in [3.05, 3.63) is 75.9 Å². The number of hydrogen-bond acceptors (Lipinski definition) is 4. The molecule has 0 aliphatic heterocycles. The van der Waals surface area contributed by atoms with Gasteiger partial charge in [-0.05, 0) is 29.8 Å². The Balaban J connectivity index is -0.000000252. The van der Waals surface area contributed by atoms with Gasteiger partial charge in [-0.15, -0.1) is 13.2 Å². The number of rotatable bonds is 7. The van der Waals surface area contributed by atoms with E-state index in [9.17, 15) is 9.59 Å². The van der Waals surface area contributed by atoms with E-state index in [0.29, 0.717) is 0 Å². The average molecular weight is 313 g/mol. The van der Waals surface area contributed by atoms with Gasteiger partial charge in [0.05, 0.1) is 6.10 Å². The molecule has 21 heavy (non-hydrogen) atoms. The van der Waals surface area contributed by atoms with Crippen LogP contribution in [0.1, 0.15) is 0 Å². The number of halogens is 1. The van der Waals surface area contributed by atoms with Crippen molar-refractivity contribution in [2.24, 2.45) is 0 Å². The molecule has 0 rings (SSSR count). The topological polar surface area (TPSA) is 63.6 Å². The van der Waals surface area contributed by atoms with Crippen LogP contribution in [-0.2, 0) is 14.3 Å². The monoisotopic (exact) mass is 312 g/mol. The number of esters is 1. The molecule has 5 heteroatoms. The summed E-state index contributed by atoms with van der Waals surface area (Å²) in [7, 11) is 0. The van der Waals surface area contributed by atoms with Gasteiger partial charge in [0.15, 0.2) is 0 Å². The van der Waals surface area contributed by atoms with E-state index in [4.69, 9.17) is 21.4 Å². The van der Waals surface area contributed by atoms with E-state index in [2.05, 4.69) is 39.5 Å². The molecule has 0 atom stereocenters. The Hall–Kier alpha value is -2.17. The molecule has 0 aliphatic rings. The van der Waals surface area contributed by atoms with Crippen molar-refractivity contribution in [2.75, 3.05) is 0 Å². The fraction of sp³-hybridized carbons (Fsp3) is 0.125. The second-order valence-corrected chi connectivity index (χ2v) is 3.42. The molecular weight excluding hydrogens is 292 g/mol. The number of hydrogen-bond donors (Lipinski definition) is 1. The average Bonchev–Trinajstić information content (AvgIpc) is 2.52. The molecule has 116 valence electrons. The van der Waals surface area contributed by atoms with Crippen LogP contribution in [0, 0.1) is 0 Å². The van der Waals surface area contributed by atoms with Crippen molar-refractivity contribution in [2.45, 2.75) is 12.2 Å². The standard InChI is InChI=1S/C8H10O2.C5H8O.C3H3ClO/c1-4-7(5-2)10-8(9)6-3;1-3-5(6)4-2;1-2-3(4)5/h4-7H,1-3H2;3-6H,1-2H2;2H,1H2. The van der Waals surface area contributed by atoms with Crippen LogP contribution in [0.2, 0.25) is 0 Å². The van der Waals surface area contributed by atoms with E-state index in [0.717, 1.165) is 12.2 Å². The van der Waals surface area contributed by atoms with E-state index in [1.807, 2.05) is 0 Å². The molecule has 0 radical (unpaired) electrons. The van der Waals surface area contributed by atoms with Crippen molar-refractivity contribution in [1.82, 2.24) is 0 Å². The van der Waals surface area contributed by atoms with Gasteiger partial charge in [-0.3, -0.25) is 4.79 Å². The summed E-state index contributed by atoms with van der Waals surface area (Å²) in [5.41, 5.74) is 0. The van der Waals surface area contributed by atoms with Crippen LogP contribution in [0.15, 0.2) is 75.9 Å². The maximum Gasteiger partial charge on any atom is 0.331 e. The van der Waals surface area contributed by atoms with Crippen molar-refractivity contribution >= 4 is 22.8 Å². The third kappa shape index (κ3) is 23.4. The van der Waals surface area contributed by atoms with Gasteiger partial charge in [-0.1, -0.05) is 38.5 Å². The van der Waals surface area contributed by atoms with Crippen molar-refractivity contribution in [3.63, 3.8) is 0 Å². The fourth-order valence-corrected chi connectivity index (χ4v) is 0.471. The van der Waals surface area contributed by atoms with E-state index in [1.165, 1.54) is 24.3 Å². The zero-order chi connectivity index (χ0) is 17.3. The lowest BCUT2D eigenvalue weighted by atomic mass is 10.3. The molecule has 0 aromatic carbocycles. The van der Waals surface area contributed by atoms with Crippen LogP contribution >= 0.6 is 11.6 Å². The van der Waals surface area contributed by atoms with E-state index < -0.39 is 23.4 Å². The first-order chi connectivity index (χ1) is 9.82. The largest absolute Gasteiger partial charge is 0.451 e. The number of aliphatic hydroxyl groups excluding tert-OH is 1.